The Kier molecular flexibility index (Phi) is 7.23. The third-order valence-electron chi connectivity index (χ3n) is 5.42. The summed E-state index contributed by atoms with van der Waals surface area (Å²) in [6.45, 7) is 11.3. The van der Waals surface area contributed by atoms with Gasteiger partial charge in [-0.1, -0.05) is 44.2 Å². The average Bonchev–Trinajstić information content (AvgIpc) is 3.34. The Labute approximate surface area is 177 Å². The molecule has 5 nitrogen and oxygen atoms in total. The second-order valence-electron chi connectivity index (χ2n) is 7.19. The second-order valence-corrected chi connectivity index (χ2v) is 7.97. The minimum atomic E-state index is -0.0494. The normalized spacial score (nSPS) is 12.3. The van der Waals surface area contributed by atoms with Gasteiger partial charge in [-0.15, -0.1) is 0 Å². The van der Waals surface area contributed by atoms with E-state index in [0.717, 1.165) is 24.5 Å². The van der Waals surface area contributed by atoms with Crippen LogP contribution in [0.2, 0.25) is 0 Å². The first-order chi connectivity index (χ1) is 14.0. The number of hydrogen-bond donors (Lipinski definition) is 1. The van der Waals surface area contributed by atoms with Crippen LogP contribution in [0.4, 0.5) is 0 Å². The smallest absolute Gasteiger partial charge is 0.255 e. The van der Waals surface area contributed by atoms with Gasteiger partial charge >= 0.3 is 0 Å². The molecule has 3 rings (SSSR count). The number of nitrogens with one attached hydrogen (secondary N) is 1. The van der Waals surface area contributed by atoms with E-state index in [9.17, 15) is 4.79 Å². The van der Waals surface area contributed by atoms with Crippen molar-refractivity contribution in [1.29, 1.82) is 0 Å². The molecule has 6 heteroatoms. The van der Waals surface area contributed by atoms with E-state index in [1.54, 1.807) is 11.3 Å². The molecule has 29 heavy (non-hydrogen) atoms. The molecule has 2 heterocycles. The number of aromatic nitrogens is 2. The lowest BCUT2D eigenvalue weighted by atomic mass is 10.1. The molecule has 0 aliphatic rings. The largest absolute Gasteiger partial charge is 0.350 e. The maximum atomic E-state index is 13.0. The fraction of sp³-hybridized carbons (Fsp3) is 0.391. The van der Waals surface area contributed by atoms with Gasteiger partial charge in [0.05, 0.1) is 23.8 Å². The molecule has 1 N–H and O–H groups in total. The summed E-state index contributed by atoms with van der Waals surface area (Å²) >= 11 is 1.69. The average molecular weight is 411 g/mol. The third-order valence-corrected chi connectivity index (χ3v) is 6.12. The highest BCUT2D eigenvalue weighted by molar-refractivity contribution is 7.07. The van der Waals surface area contributed by atoms with Gasteiger partial charge in [-0.05, 0) is 54.9 Å². The van der Waals surface area contributed by atoms with E-state index in [0.29, 0.717) is 18.7 Å². The highest BCUT2D eigenvalue weighted by Crippen LogP contribution is 2.23. The highest BCUT2D eigenvalue weighted by Gasteiger charge is 2.22. The van der Waals surface area contributed by atoms with Crippen molar-refractivity contribution < 1.29 is 4.79 Å². The minimum absolute atomic E-state index is 0.0494. The molecule has 3 aromatic rings. The lowest BCUT2D eigenvalue weighted by molar-refractivity contribution is 0.0933. The van der Waals surface area contributed by atoms with Gasteiger partial charge in [0.25, 0.3) is 5.91 Å². The summed E-state index contributed by atoms with van der Waals surface area (Å²) in [6.07, 6.45) is 0. The van der Waals surface area contributed by atoms with Crippen LogP contribution in [0.1, 0.15) is 52.8 Å². The SMILES string of the molecule is CCN(CC)C(CNC(=O)c1c(C)nn(Cc2ccccc2)c1C)c1ccsc1. The van der Waals surface area contributed by atoms with Crippen molar-refractivity contribution in [2.45, 2.75) is 40.3 Å². The minimum Gasteiger partial charge on any atom is -0.350 e. The first-order valence-electron chi connectivity index (χ1n) is 10.2. The van der Waals surface area contributed by atoms with Gasteiger partial charge < -0.3 is 5.32 Å². The molecular formula is C23H30N4OS. The molecule has 0 spiro atoms. The molecule has 0 aliphatic heterocycles. The van der Waals surface area contributed by atoms with Crippen LogP contribution >= 0.6 is 11.3 Å². The second kappa shape index (κ2) is 9.85. The van der Waals surface area contributed by atoms with Gasteiger partial charge in [0, 0.05) is 12.2 Å². The molecule has 2 aromatic heterocycles. The fourth-order valence-electron chi connectivity index (χ4n) is 3.80. The van der Waals surface area contributed by atoms with Crippen LogP contribution in [-0.4, -0.2) is 40.2 Å². The van der Waals surface area contributed by atoms with E-state index < -0.39 is 0 Å². The van der Waals surface area contributed by atoms with Crippen molar-refractivity contribution in [3.63, 3.8) is 0 Å². The Bertz CT molecular complexity index is 914. The molecule has 0 fully saturated rings. The van der Waals surface area contributed by atoms with Gasteiger partial charge in [-0.2, -0.15) is 16.4 Å². The van der Waals surface area contributed by atoms with Gasteiger partial charge in [0.15, 0.2) is 0 Å². The van der Waals surface area contributed by atoms with Crippen molar-refractivity contribution in [2.24, 2.45) is 0 Å². The Balaban J connectivity index is 1.74. The molecule has 0 saturated carbocycles. The Morgan fingerprint density at radius 2 is 1.90 bits per heavy atom. The number of likely N-dealkylation sites (N-methyl/N-ethyl adjacent to an activating group) is 1. The number of nitrogens with zero attached hydrogens (tertiary/aromatic N) is 3. The highest BCUT2D eigenvalue weighted by atomic mass is 32.1. The first-order valence-corrected chi connectivity index (χ1v) is 11.1. The standard InChI is InChI=1S/C23H30N4OS/c1-5-26(6-2)21(20-12-13-29-16-20)14-24-23(28)22-17(3)25-27(18(22)4)15-19-10-8-7-9-11-19/h7-13,16,21H,5-6,14-15H2,1-4H3,(H,24,28). The van der Waals surface area contributed by atoms with E-state index in [1.807, 2.05) is 36.7 Å². The molecule has 1 aromatic carbocycles. The monoisotopic (exact) mass is 410 g/mol. The molecule has 1 atom stereocenters. The lowest BCUT2D eigenvalue weighted by Crippen LogP contribution is -2.38. The topological polar surface area (TPSA) is 50.2 Å². The molecular weight excluding hydrogens is 380 g/mol. The molecule has 0 aliphatic carbocycles. The predicted octanol–water partition coefficient (Wildman–Crippen LogP) is 4.42. The molecule has 0 bridgehead atoms. The number of amides is 1. The summed E-state index contributed by atoms with van der Waals surface area (Å²) in [4.78, 5) is 15.4. The molecule has 154 valence electrons. The van der Waals surface area contributed by atoms with E-state index in [1.165, 1.54) is 11.1 Å². The Hall–Kier alpha value is -2.44. The number of aryl methyl sites for hydroxylation is 1. The molecule has 0 radical (unpaired) electrons. The summed E-state index contributed by atoms with van der Waals surface area (Å²) in [6, 6.07) is 12.5. The summed E-state index contributed by atoms with van der Waals surface area (Å²) in [5, 5.41) is 12.0. The van der Waals surface area contributed by atoms with Crippen LogP contribution < -0.4 is 5.32 Å². The Morgan fingerprint density at radius 1 is 1.17 bits per heavy atom. The maximum absolute atomic E-state index is 13.0. The van der Waals surface area contributed by atoms with Crippen molar-refractivity contribution in [3.05, 3.63) is 75.2 Å². The van der Waals surface area contributed by atoms with Crippen LogP contribution in [0.25, 0.3) is 0 Å². The molecule has 1 amide bonds. The number of carbonyl (C=O) groups excluding carboxylic acids is 1. The van der Waals surface area contributed by atoms with Crippen molar-refractivity contribution in [3.8, 4) is 0 Å². The van der Waals surface area contributed by atoms with Crippen molar-refractivity contribution >= 4 is 17.2 Å². The zero-order chi connectivity index (χ0) is 20.8. The summed E-state index contributed by atoms with van der Waals surface area (Å²) in [7, 11) is 0. The van der Waals surface area contributed by atoms with E-state index in [2.05, 4.69) is 58.1 Å². The number of benzene rings is 1. The number of rotatable bonds is 9. The number of hydrogen-bond acceptors (Lipinski definition) is 4. The van der Waals surface area contributed by atoms with Crippen LogP contribution in [0.15, 0.2) is 47.2 Å². The summed E-state index contributed by atoms with van der Waals surface area (Å²) < 4.78 is 1.92. The zero-order valence-electron chi connectivity index (χ0n) is 17.7. The van der Waals surface area contributed by atoms with Gasteiger partial charge in [-0.25, -0.2) is 0 Å². The summed E-state index contributed by atoms with van der Waals surface area (Å²) in [5.41, 5.74) is 4.78. The molecule has 0 saturated heterocycles. The van der Waals surface area contributed by atoms with Crippen molar-refractivity contribution in [2.75, 3.05) is 19.6 Å². The molecule has 1 unspecified atom stereocenters. The van der Waals surface area contributed by atoms with Gasteiger partial charge in [0.1, 0.15) is 0 Å². The lowest BCUT2D eigenvalue weighted by Gasteiger charge is -2.29. The van der Waals surface area contributed by atoms with Gasteiger partial charge in [-0.3, -0.25) is 14.4 Å². The van der Waals surface area contributed by atoms with Crippen molar-refractivity contribution in [1.82, 2.24) is 20.0 Å². The third kappa shape index (κ3) is 4.95. The van der Waals surface area contributed by atoms with Crippen LogP contribution in [0.3, 0.4) is 0 Å². The maximum Gasteiger partial charge on any atom is 0.255 e. The Morgan fingerprint density at radius 3 is 2.52 bits per heavy atom. The van der Waals surface area contributed by atoms with E-state index >= 15 is 0 Å². The quantitative estimate of drug-likeness (QED) is 0.568. The van der Waals surface area contributed by atoms with E-state index in [4.69, 9.17) is 0 Å². The fourth-order valence-corrected chi connectivity index (χ4v) is 4.51. The number of carbonyl (C=O) groups is 1. The first kappa shape index (κ1) is 21.3. The van der Waals surface area contributed by atoms with E-state index in [-0.39, 0.29) is 11.9 Å². The number of thiophene rings is 1. The van der Waals surface area contributed by atoms with Crippen LogP contribution in [0.5, 0.6) is 0 Å². The predicted molar refractivity (Wildman–Crippen MR) is 120 cm³/mol. The van der Waals surface area contributed by atoms with Gasteiger partial charge in [0.2, 0.25) is 0 Å². The summed E-state index contributed by atoms with van der Waals surface area (Å²) in [5.74, 6) is -0.0494. The van der Waals surface area contributed by atoms with Crippen LogP contribution in [0, 0.1) is 13.8 Å². The zero-order valence-corrected chi connectivity index (χ0v) is 18.5. The van der Waals surface area contributed by atoms with Crippen LogP contribution in [-0.2, 0) is 6.54 Å².